The van der Waals surface area contributed by atoms with Gasteiger partial charge in [0.25, 0.3) is 0 Å². The number of rotatable bonds is 2. The van der Waals surface area contributed by atoms with E-state index in [2.05, 4.69) is 0 Å². The third kappa shape index (κ3) is 2.86. The Morgan fingerprint density at radius 2 is 1.68 bits per heavy atom. The third-order valence-electron chi connectivity index (χ3n) is 2.81. The molecule has 1 atom stereocenters. The van der Waals surface area contributed by atoms with Gasteiger partial charge in [0.15, 0.2) is 0 Å². The monoisotopic (exact) mass is 320 g/mol. The van der Waals surface area contributed by atoms with Gasteiger partial charge < -0.3 is 0 Å². The van der Waals surface area contributed by atoms with Crippen molar-refractivity contribution in [3.63, 3.8) is 0 Å². The number of aryl methyl sites for hydroxylation is 1. The highest BCUT2D eigenvalue weighted by Gasteiger charge is 2.20. The van der Waals surface area contributed by atoms with E-state index in [9.17, 15) is 8.78 Å². The Hall–Kier alpha value is -0.830. The van der Waals surface area contributed by atoms with E-state index in [-0.39, 0.29) is 10.0 Å². The van der Waals surface area contributed by atoms with Crippen LogP contribution < -0.4 is 0 Å². The lowest BCUT2D eigenvalue weighted by molar-refractivity contribution is 0.617. The Kier molecular flexibility index (Phi) is 4.34. The SMILES string of the molecule is Cc1cc(C(Cl)c2cccc(F)c2Cl)c(Cl)cc1F. The molecule has 2 aromatic carbocycles. The molecule has 0 nitrogen and oxygen atoms in total. The zero-order valence-electron chi connectivity index (χ0n) is 9.85. The van der Waals surface area contributed by atoms with Gasteiger partial charge in [-0.2, -0.15) is 0 Å². The van der Waals surface area contributed by atoms with Crippen molar-refractivity contribution in [3.8, 4) is 0 Å². The van der Waals surface area contributed by atoms with Crippen LogP contribution in [0.15, 0.2) is 30.3 Å². The van der Waals surface area contributed by atoms with Crippen LogP contribution >= 0.6 is 34.8 Å². The molecule has 0 aliphatic rings. The summed E-state index contributed by atoms with van der Waals surface area (Å²) in [5.74, 6) is -0.970. The zero-order chi connectivity index (χ0) is 14.2. The summed E-state index contributed by atoms with van der Waals surface area (Å²) in [5.41, 5.74) is 1.31. The summed E-state index contributed by atoms with van der Waals surface area (Å²) in [6, 6.07) is 7.09. The number of halogens is 5. The minimum atomic E-state index is -0.741. The van der Waals surface area contributed by atoms with E-state index >= 15 is 0 Å². The van der Waals surface area contributed by atoms with E-state index in [0.717, 1.165) is 0 Å². The highest BCUT2D eigenvalue weighted by atomic mass is 35.5. The number of alkyl halides is 1. The molecule has 100 valence electrons. The van der Waals surface area contributed by atoms with Crippen molar-refractivity contribution in [2.24, 2.45) is 0 Å². The van der Waals surface area contributed by atoms with Crippen molar-refractivity contribution >= 4 is 34.8 Å². The molecule has 0 N–H and O–H groups in total. The average Bonchev–Trinajstić information content (AvgIpc) is 2.36. The van der Waals surface area contributed by atoms with Crippen LogP contribution in [0.1, 0.15) is 22.1 Å². The van der Waals surface area contributed by atoms with Crippen LogP contribution in [-0.2, 0) is 0 Å². The van der Waals surface area contributed by atoms with Gasteiger partial charge in [0, 0.05) is 5.02 Å². The van der Waals surface area contributed by atoms with Crippen molar-refractivity contribution < 1.29 is 8.78 Å². The van der Waals surface area contributed by atoms with Gasteiger partial charge in [0.05, 0.1) is 10.4 Å². The predicted octanol–water partition coefficient (Wildman–Crippen LogP) is 5.91. The second kappa shape index (κ2) is 5.66. The van der Waals surface area contributed by atoms with Gasteiger partial charge in [-0.05, 0) is 41.8 Å². The first-order chi connectivity index (χ1) is 8.91. The smallest absolute Gasteiger partial charge is 0.142 e. The summed E-state index contributed by atoms with van der Waals surface area (Å²) in [6.07, 6.45) is 0. The van der Waals surface area contributed by atoms with Crippen molar-refractivity contribution in [2.75, 3.05) is 0 Å². The fraction of sp³-hybridized carbons (Fsp3) is 0.143. The number of benzene rings is 2. The molecule has 0 spiro atoms. The largest absolute Gasteiger partial charge is 0.207 e. The minimum absolute atomic E-state index is 0.0551. The molecule has 0 aromatic heterocycles. The molecule has 2 rings (SSSR count). The normalized spacial score (nSPS) is 12.5. The molecule has 2 aromatic rings. The van der Waals surface area contributed by atoms with E-state index in [1.807, 2.05) is 0 Å². The molecular formula is C14H9Cl3F2. The molecule has 5 heteroatoms. The Morgan fingerprint density at radius 3 is 2.37 bits per heavy atom. The van der Waals surface area contributed by atoms with Gasteiger partial charge in [-0.25, -0.2) is 8.78 Å². The molecule has 0 saturated carbocycles. The van der Waals surface area contributed by atoms with Gasteiger partial charge in [0.1, 0.15) is 11.6 Å². The summed E-state index contributed by atoms with van der Waals surface area (Å²) < 4.78 is 26.8. The van der Waals surface area contributed by atoms with Crippen molar-refractivity contribution in [3.05, 3.63) is 68.7 Å². The second-order valence-electron chi connectivity index (χ2n) is 4.13. The van der Waals surface area contributed by atoms with Gasteiger partial charge in [-0.3, -0.25) is 0 Å². The van der Waals surface area contributed by atoms with E-state index in [1.165, 1.54) is 24.3 Å². The average molecular weight is 322 g/mol. The van der Waals surface area contributed by atoms with Crippen LogP contribution in [-0.4, -0.2) is 0 Å². The molecule has 0 aliphatic carbocycles. The molecule has 0 aliphatic heterocycles. The van der Waals surface area contributed by atoms with Crippen LogP contribution in [0.2, 0.25) is 10.0 Å². The van der Waals surface area contributed by atoms with Crippen LogP contribution in [0.5, 0.6) is 0 Å². The van der Waals surface area contributed by atoms with E-state index < -0.39 is 17.0 Å². The van der Waals surface area contributed by atoms with E-state index in [1.54, 1.807) is 13.0 Å². The predicted molar refractivity (Wildman–Crippen MR) is 75.3 cm³/mol. The summed E-state index contributed by atoms with van der Waals surface area (Å²) in [7, 11) is 0. The summed E-state index contributed by atoms with van der Waals surface area (Å²) in [6.45, 7) is 1.60. The highest BCUT2D eigenvalue weighted by molar-refractivity contribution is 6.35. The molecule has 0 heterocycles. The lowest BCUT2D eigenvalue weighted by atomic mass is 10.0. The molecule has 19 heavy (non-hydrogen) atoms. The van der Waals surface area contributed by atoms with Crippen LogP contribution in [0, 0.1) is 18.6 Å². The number of hydrogen-bond donors (Lipinski definition) is 0. The molecule has 0 amide bonds. The van der Waals surface area contributed by atoms with Gasteiger partial charge in [0.2, 0.25) is 0 Å². The molecule has 0 fully saturated rings. The van der Waals surface area contributed by atoms with Crippen molar-refractivity contribution in [1.82, 2.24) is 0 Å². The Labute approximate surface area is 124 Å². The maximum Gasteiger partial charge on any atom is 0.142 e. The third-order valence-corrected chi connectivity index (χ3v) is 4.00. The summed E-state index contributed by atoms with van der Waals surface area (Å²) in [5, 5.41) is -0.612. The van der Waals surface area contributed by atoms with Gasteiger partial charge in [-0.1, -0.05) is 35.3 Å². The summed E-state index contributed by atoms with van der Waals surface area (Å²) >= 11 is 18.1. The lowest BCUT2D eigenvalue weighted by Gasteiger charge is -2.15. The fourth-order valence-corrected chi connectivity index (χ4v) is 2.73. The maximum absolute atomic E-state index is 13.4. The topological polar surface area (TPSA) is 0 Å². The van der Waals surface area contributed by atoms with Crippen LogP contribution in [0.25, 0.3) is 0 Å². The lowest BCUT2D eigenvalue weighted by Crippen LogP contribution is -1.99. The first-order valence-corrected chi connectivity index (χ1v) is 6.64. The van der Waals surface area contributed by atoms with Crippen LogP contribution in [0.3, 0.4) is 0 Å². The first-order valence-electron chi connectivity index (χ1n) is 5.45. The van der Waals surface area contributed by atoms with Gasteiger partial charge >= 0.3 is 0 Å². The van der Waals surface area contributed by atoms with Crippen LogP contribution in [0.4, 0.5) is 8.78 Å². The Balaban J connectivity index is 2.53. The highest BCUT2D eigenvalue weighted by Crippen LogP contribution is 2.38. The fourth-order valence-electron chi connectivity index (χ4n) is 1.76. The molecule has 0 bridgehead atoms. The standard InChI is InChI=1S/C14H9Cl3F2/c1-7-5-9(10(15)6-12(7)19)13(16)8-3-2-4-11(18)14(8)17/h2-6,13H,1H3. The van der Waals surface area contributed by atoms with E-state index in [4.69, 9.17) is 34.8 Å². The zero-order valence-corrected chi connectivity index (χ0v) is 12.1. The number of hydrogen-bond acceptors (Lipinski definition) is 0. The quantitative estimate of drug-likeness (QED) is 0.603. The van der Waals surface area contributed by atoms with Crippen molar-refractivity contribution in [2.45, 2.75) is 12.3 Å². The molecule has 0 saturated heterocycles. The van der Waals surface area contributed by atoms with Crippen molar-refractivity contribution in [1.29, 1.82) is 0 Å². The van der Waals surface area contributed by atoms with Gasteiger partial charge in [-0.15, -0.1) is 11.6 Å². The Bertz CT molecular complexity index is 626. The molecular weight excluding hydrogens is 313 g/mol. The minimum Gasteiger partial charge on any atom is -0.207 e. The molecule has 0 radical (unpaired) electrons. The van der Waals surface area contributed by atoms with E-state index in [0.29, 0.717) is 16.7 Å². The first kappa shape index (κ1) is 14.6. The molecule has 1 unspecified atom stereocenters. The Morgan fingerprint density at radius 1 is 1.00 bits per heavy atom. The maximum atomic E-state index is 13.4. The summed E-state index contributed by atoms with van der Waals surface area (Å²) in [4.78, 5) is 0. The second-order valence-corrected chi connectivity index (χ2v) is 5.35.